The zero-order valence-electron chi connectivity index (χ0n) is 15.5. The van der Waals surface area contributed by atoms with Gasteiger partial charge in [0.2, 0.25) is 11.8 Å². The molecule has 140 valence electrons. The van der Waals surface area contributed by atoms with Crippen LogP contribution in [0.25, 0.3) is 10.9 Å². The van der Waals surface area contributed by atoms with E-state index in [1.54, 1.807) is 0 Å². The van der Waals surface area contributed by atoms with E-state index in [-0.39, 0.29) is 11.8 Å². The van der Waals surface area contributed by atoms with E-state index < -0.39 is 0 Å². The Balaban J connectivity index is 1.32. The molecule has 3 heterocycles. The molecule has 0 bridgehead atoms. The number of para-hydroxylation sites is 1. The van der Waals surface area contributed by atoms with Crippen molar-refractivity contribution >= 4 is 22.7 Å². The summed E-state index contributed by atoms with van der Waals surface area (Å²) in [7, 11) is 1.95. The summed E-state index contributed by atoms with van der Waals surface area (Å²) >= 11 is 0. The minimum atomic E-state index is 0.120. The number of fused-ring (bicyclic) bond motifs is 1. The van der Waals surface area contributed by atoms with Crippen LogP contribution in [-0.4, -0.2) is 57.3 Å². The van der Waals surface area contributed by atoms with E-state index in [0.29, 0.717) is 39.0 Å². The summed E-state index contributed by atoms with van der Waals surface area (Å²) in [6, 6.07) is 9.99. The number of nitrogens with zero attached hydrogens (tertiary/aromatic N) is 3. The maximum atomic E-state index is 12.7. The van der Waals surface area contributed by atoms with E-state index in [1.807, 2.05) is 70.3 Å². The van der Waals surface area contributed by atoms with Crippen molar-refractivity contribution in [2.24, 2.45) is 7.05 Å². The van der Waals surface area contributed by atoms with Gasteiger partial charge in [-0.25, -0.2) is 0 Å². The number of rotatable bonds is 4. The lowest BCUT2D eigenvalue weighted by Crippen LogP contribution is -2.51. The molecular formula is C21H24N4O2. The quantitative estimate of drug-likeness (QED) is 0.769. The van der Waals surface area contributed by atoms with Crippen LogP contribution >= 0.6 is 0 Å². The van der Waals surface area contributed by atoms with Gasteiger partial charge in [0.25, 0.3) is 0 Å². The molecule has 0 atom stereocenters. The van der Waals surface area contributed by atoms with Gasteiger partial charge in [0, 0.05) is 62.7 Å². The lowest BCUT2D eigenvalue weighted by atomic mass is 10.1. The Kier molecular flexibility index (Phi) is 4.71. The zero-order chi connectivity index (χ0) is 18.8. The highest BCUT2D eigenvalue weighted by Crippen LogP contribution is 2.19. The summed E-state index contributed by atoms with van der Waals surface area (Å²) in [4.78, 5) is 32.1. The number of aryl methyl sites for hydroxylation is 1. The molecule has 1 fully saturated rings. The van der Waals surface area contributed by atoms with Gasteiger partial charge in [0.15, 0.2) is 0 Å². The van der Waals surface area contributed by atoms with E-state index in [9.17, 15) is 9.59 Å². The van der Waals surface area contributed by atoms with Crippen molar-refractivity contribution in [3.8, 4) is 0 Å². The minimum Gasteiger partial charge on any atom is -0.361 e. The summed E-state index contributed by atoms with van der Waals surface area (Å²) < 4.78 is 1.95. The molecule has 2 amide bonds. The van der Waals surface area contributed by atoms with Crippen LogP contribution in [0.15, 0.2) is 48.9 Å². The number of hydrogen-bond acceptors (Lipinski definition) is 2. The average molecular weight is 364 g/mol. The highest BCUT2D eigenvalue weighted by Gasteiger charge is 2.24. The van der Waals surface area contributed by atoms with Crippen LogP contribution in [0.1, 0.15) is 11.1 Å². The molecule has 6 heteroatoms. The Labute approximate surface area is 158 Å². The summed E-state index contributed by atoms with van der Waals surface area (Å²) in [6.45, 7) is 2.40. The van der Waals surface area contributed by atoms with Crippen LogP contribution in [0.4, 0.5) is 0 Å². The van der Waals surface area contributed by atoms with Crippen molar-refractivity contribution in [1.82, 2.24) is 19.4 Å². The number of carbonyl (C=O) groups is 2. The van der Waals surface area contributed by atoms with Crippen LogP contribution in [0, 0.1) is 0 Å². The van der Waals surface area contributed by atoms with Gasteiger partial charge in [-0.2, -0.15) is 0 Å². The van der Waals surface area contributed by atoms with Gasteiger partial charge in [0.05, 0.1) is 12.8 Å². The third-order valence-electron chi connectivity index (χ3n) is 5.25. The number of benzene rings is 1. The van der Waals surface area contributed by atoms with E-state index in [2.05, 4.69) is 4.98 Å². The summed E-state index contributed by atoms with van der Waals surface area (Å²) in [5, 5.41) is 1.10. The van der Waals surface area contributed by atoms with Gasteiger partial charge in [-0.3, -0.25) is 9.59 Å². The minimum absolute atomic E-state index is 0.120. The second-order valence-corrected chi connectivity index (χ2v) is 7.16. The molecule has 6 nitrogen and oxygen atoms in total. The van der Waals surface area contributed by atoms with Crippen LogP contribution in [-0.2, 0) is 29.5 Å². The molecule has 0 aliphatic carbocycles. The van der Waals surface area contributed by atoms with Gasteiger partial charge in [-0.05, 0) is 23.3 Å². The molecule has 0 spiro atoms. The second kappa shape index (κ2) is 7.31. The molecule has 0 saturated carbocycles. The highest BCUT2D eigenvalue weighted by atomic mass is 16.2. The predicted molar refractivity (Wildman–Crippen MR) is 104 cm³/mol. The molecule has 4 rings (SSSR count). The summed E-state index contributed by atoms with van der Waals surface area (Å²) in [6.07, 6.45) is 6.65. The van der Waals surface area contributed by atoms with Crippen LogP contribution < -0.4 is 0 Å². The lowest BCUT2D eigenvalue weighted by Gasteiger charge is -2.35. The normalized spacial score (nSPS) is 14.7. The standard InChI is InChI=1S/C21H24N4O2/c1-23-7-6-16(15-23)12-20(26)24-8-10-25(11-9-24)21(27)13-17-14-22-19-5-3-2-4-18(17)19/h2-7,14-15,22H,8-13H2,1H3. The van der Waals surface area contributed by atoms with E-state index >= 15 is 0 Å². The van der Waals surface area contributed by atoms with E-state index in [0.717, 1.165) is 22.0 Å². The molecule has 1 aromatic carbocycles. The van der Waals surface area contributed by atoms with Crippen molar-refractivity contribution in [3.63, 3.8) is 0 Å². The van der Waals surface area contributed by atoms with Gasteiger partial charge in [0.1, 0.15) is 0 Å². The predicted octanol–water partition coefficient (Wildman–Crippen LogP) is 1.96. The Morgan fingerprint density at radius 3 is 2.30 bits per heavy atom. The fourth-order valence-corrected chi connectivity index (χ4v) is 3.71. The first-order chi connectivity index (χ1) is 13.1. The smallest absolute Gasteiger partial charge is 0.227 e. The number of aromatic amines is 1. The van der Waals surface area contributed by atoms with E-state index in [1.165, 1.54) is 0 Å². The topological polar surface area (TPSA) is 61.3 Å². The number of H-pyrrole nitrogens is 1. The van der Waals surface area contributed by atoms with Gasteiger partial charge in [-0.15, -0.1) is 0 Å². The first-order valence-corrected chi connectivity index (χ1v) is 9.31. The fraction of sp³-hybridized carbons (Fsp3) is 0.333. The van der Waals surface area contributed by atoms with Crippen molar-refractivity contribution in [3.05, 3.63) is 60.0 Å². The third kappa shape index (κ3) is 3.74. The van der Waals surface area contributed by atoms with Gasteiger partial charge < -0.3 is 19.4 Å². The number of aromatic nitrogens is 2. The highest BCUT2D eigenvalue weighted by molar-refractivity contribution is 5.89. The monoisotopic (exact) mass is 364 g/mol. The molecule has 1 saturated heterocycles. The summed E-state index contributed by atoms with van der Waals surface area (Å²) in [5.41, 5.74) is 3.11. The second-order valence-electron chi connectivity index (χ2n) is 7.16. The first kappa shape index (κ1) is 17.4. The van der Waals surface area contributed by atoms with Crippen molar-refractivity contribution in [2.45, 2.75) is 12.8 Å². The van der Waals surface area contributed by atoms with Gasteiger partial charge in [-0.1, -0.05) is 18.2 Å². The molecule has 3 aromatic rings. The Hall–Kier alpha value is -3.02. The van der Waals surface area contributed by atoms with Crippen LogP contribution in [0.3, 0.4) is 0 Å². The van der Waals surface area contributed by atoms with Crippen molar-refractivity contribution < 1.29 is 9.59 Å². The van der Waals surface area contributed by atoms with Gasteiger partial charge >= 0.3 is 0 Å². The van der Waals surface area contributed by atoms with Crippen LogP contribution in [0.2, 0.25) is 0 Å². The molecular weight excluding hydrogens is 340 g/mol. The zero-order valence-corrected chi connectivity index (χ0v) is 15.5. The molecule has 1 aliphatic heterocycles. The number of amides is 2. The Bertz CT molecular complexity index is 963. The largest absolute Gasteiger partial charge is 0.361 e. The molecule has 0 unspecified atom stereocenters. The maximum Gasteiger partial charge on any atom is 0.227 e. The van der Waals surface area contributed by atoms with Crippen LogP contribution in [0.5, 0.6) is 0 Å². The first-order valence-electron chi connectivity index (χ1n) is 9.31. The molecule has 1 aliphatic rings. The number of hydrogen-bond donors (Lipinski definition) is 1. The third-order valence-corrected chi connectivity index (χ3v) is 5.25. The SMILES string of the molecule is Cn1ccc(CC(=O)N2CCN(C(=O)Cc3c[nH]c4ccccc34)CC2)c1. The van der Waals surface area contributed by atoms with E-state index in [4.69, 9.17) is 0 Å². The summed E-state index contributed by atoms with van der Waals surface area (Å²) in [5.74, 6) is 0.250. The maximum absolute atomic E-state index is 12.7. The van der Waals surface area contributed by atoms with Crippen molar-refractivity contribution in [2.75, 3.05) is 26.2 Å². The molecule has 2 aromatic heterocycles. The number of carbonyl (C=O) groups excluding carboxylic acids is 2. The molecule has 27 heavy (non-hydrogen) atoms. The molecule has 0 radical (unpaired) electrons. The molecule has 1 N–H and O–H groups in total. The van der Waals surface area contributed by atoms with Crippen molar-refractivity contribution in [1.29, 1.82) is 0 Å². The Morgan fingerprint density at radius 2 is 1.63 bits per heavy atom. The lowest BCUT2D eigenvalue weighted by molar-refractivity contribution is -0.138. The number of piperazine rings is 1. The average Bonchev–Trinajstić information content (AvgIpc) is 3.28. The number of nitrogens with one attached hydrogen (secondary N) is 1. The fourth-order valence-electron chi connectivity index (χ4n) is 3.71. The Morgan fingerprint density at radius 1 is 0.963 bits per heavy atom.